The van der Waals surface area contributed by atoms with E-state index in [0.717, 1.165) is 15.2 Å². The van der Waals surface area contributed by atoms with Crippen molar-refractivity contribution in [3.63, 3.8) is 0 Å². The van der Waals surface area contributed by atoms with E-state index in [9.17, 15) is 0 Å². The maximum absolute atomic E-state index is 4.58. The Labute approximate surface area is 120 Å². The Hall–Kier alpha value is -0.800. The van der Waals surface area contributed by atoms with Gasteiger partial charge in [0.15, 0.2) is 0 Å². The summed E-state index contributed by atoms with van der Waals surface area (Å²) in [5.41, 5.74) is 4.09. The molecule has 3 heteroatoms. The van der Waals surface area contributed by atoms with E-state index in [2.05, 4.69) is 51.2 Å². The molecule has 0 N–H and O–H groups in total. The minimum absolute atomic E-state index is 1.04. The van der Waals surface area contributed by atoms with Crippen LogP contribution in [0.5, 0.6) is 0 Å². The van der Waals surface area contributed by atoms with E-state index in [1.54, 1.807) is 11.8 Å². The first-order valence-electron chi connectivity index (χ1n) is 6.15. The molecule has 0 unspecified atom stereocenters. The molecule has 0 amide bonds. The van der Waals surface area contributed by atoms with Gasteiger partial charge in [0.1, 0.15) is 5.03 Å². The van der Waals surface area contributed by atoms with Gasteiger partial charge in [0.05, 0.1) is 5.69 Å². The van der Waals surface area contributed by atoms with Crippen molar-refractivity contribution in [2.75, 3.05) is 0 Å². The zero-order valence-corrected chi connectivity index (χ0v) is 12.6. The summed E-state index contributed by atoms with van der Waals surface area (Å²) in [5, 5.41) is 1.06. The average Bonchev–Trinajstić information content (AvgIpc) is 2.81. The first-order valence-corrected chi connectivity index (χ1v) is 7.76. The van der Waals surface area contributed by atoms with Crippen LogP contribution in [-0.4, -0.2) is 4.98 Å². The fourth-order valence-corrected chi connectivity index (χ4v) is 3.43. The van der Waals surface area contributed by atoms with Gasteiger partial charge in [-0.05, 0) is 77.5 Å². The summed E-state index contributed by atoms with van der Waals surface area (Å²) in [7, 11) is 0. The predicted molar refractivity (Wildman–Crippen MR) is 79.3 cm³/mol. The SMILES string of the molecule is Cc1nc(Sc2ccc3c(c2)CCC3)ccc1Br. The molecule has 0 aliphatic heterocycles. The van der Waals surface area contributed by atoms with E-state index in [4.69, 9.17) is 0 Å². The largest absolute Gasteiger partial charge is 0.245 e. The lowest BCUT2D eigenvalue weighted by molar-refractivity contribution is 0.911. The van der Waals surface area contributed by atoms with Crippen LogP contribution in [0.15, 0.2) is 44.7 Å². The van der Waals surface area contributed by atoms with Crippen molar-refractivity contribution >= 4 is 27.7 Å². The van der Waals surface area contributed by atoms with Crippen molar-refractivity contribution in [1.82, 2.24) is 4.98 Å². The highest BCUT2D eigenvalue weighted by Gasteiger charge is 2.11. The first kappa shape index (κ1) is 12.2. The lowest BCUT2D eigenvalue weighted by Gasteiger charge is -2.05. The molecule has 1 heterocycles. The number of halogens is 1. The third-order valence-corrected chi connectivity index (χ3v) is 5.05. The summed E-state index contributed by atoms with van der Waals surface area (Å²) in [6.45, 7) is 2.02. The Balaban J connectivity index is 1.85. The molecule has 1 nitrogen and oxygen atoms in total. The van der Waals surface area contributed by atoms with E-state index in [1.807, 2.05) is 6.92 Å². The third-order valence-electron chi connectivity index (χ3n) is 3.29. The average molecular weight is 320 g/mol. The van der Waals surface area contributed by atoms with E-state index >= 15 is 0 Å². The van der Waals surface area contributed by atoms with E-state index in [-0.39, 0.29) is 0 Å². The molecule has 0 saturated heterocycles. The number of rotatable bonds is 2. The van der Waals surface area contributed by atoms with E-state index in [0.29, 0.717) is 0 Å². The summed E-state index contributed by atoms with van der Waals surface area (Å²) in [5.74, 6) is 0. The van der Waals surface area contributed by atoms with Gasteiger partial charge in [-0.1, -0.05) is 17.8 Å². The van der Waals surface area contributed by atoms with Crippen molar-refractivity contribution < 1.29 is 0 Å². The third kappa shape index (κ3) is 2.47. The Kier molecular flexibility index (Phi) is 3.44. The summed E-state index contributed by atoms with van der Waals surface area (Å²) in [6.07, 6.45) is 3.78. The number of hydrogen-bond donors (Lipinski definition) is 0. The van der Waals surface area contributed by atoms with Crippen LogP contribution in [0.4, 0.5) is 0 Å². The number of pyridine rings is 1. The maximum Gasteiger partial charge on any atom is 0.101 e. The van der Waals surface area contributed by atoms with Crippen LogP contribution in [0, 0.1) is 6.92 Å². The van der Waals surface area contributed by atoms with Gasteiger partial charge in [-0.3, -0.25) is 0 Å². The molecule has 18 heavy (non-hydrogen) atoms. The zero-order chi connectivity index (χ0) is 12.5. The van der Waals surface area contributed by atoms with Gasteiger partial charge >= 0.3 is 0 Å². The molecular formula is C15H14BrNS. The minimum Gasteiger partial charge on any atom is -0.245 e. The molecule has 0 saturated carbocycles. The number of benzene rings is 1. The highest BCUT2D eigenvalue weighted by Crippen LogP contribution is 2.31. The van der Waals surface area contributed by atoms with Gasteiger partial charge in [-0.25, -0.2) is 4.98 Å². The molecule has 0 atom stereocenters. The van der Waals surface area contributed by atoms with Gasteiger partial charge in [0.25, 0.3) is 0 Å². The van der Waals surface area contributed by atoms with Gasteiger partial charge in [0.2, 0.25) is 0 Å². The van der Waals surface area contributed by atoms with Crippen LogP contribution in [-0.2, 0) is 12.8 Å². The Morgan fingerprint density at radius 3 is 2.78 bits per heavy atom. The molecule has 1 aromatic heterocycles. The van der Waals surface area contributed by atoms with Crippen LogP contribution < -0.4 is 0 Å². The summed E-state index contributed by atoms with van der Waals surface area (Å²) < 4.78 is 1.07. The smallest absolute Gasteiger partial charge is 0.101 e. The van der Waals surface area contributed by atoms with Crippen LogP contribution in [0.1, 0.15) is 23.2 Å². The quantitative estimate of drug-likeness (QED) is 0.789. The maximum atomic E-state index is 4.58. The van der Waals surface area contributed by atoms with E-state index < -0.39 is 0 Å². The number of hydrogen-bond acceptors (Lipinski definition) is 2. The molecule has 1 aliphatic rings. The Morgan fingerprint density at radius 2 is 1.94 bits per heavy atom. The monoisotopic (exact) mass is 319 g/mol. The number of aromatic nitrogens is 1. The highest BCUT2D eigenvalue weighted by molar-refractivity contribution is 9.10. The molecule has 2 aromatic rings. The summed E-state index contributed by atoms with van der Waals surface area (Å²) in [6, 6.07) is 10.9. The Morgan fingerprint density at radius 1 is 1.11 bits per heavy atom. The fraction of sp³-hybridized carbons (Fsp3) is 0.267. The summed E-state index contributed by atoms with van der Waals surface area (Å²) in [4.78, 5) is 5.87. The lowest BCUT2D eigenvalue weighted by atomic mass is 10.1. The molecule has 0 spiro atoms. The first-order chi connectivity index (χ1) is 8.72. The number of aryl methyl sites for hydroxylation is 3. The van der Waals surface area contributed by atoms with Crippen LogP contribution in [0.3, 0.4) is 0 Å². The molecule has 92 valence electrons. The second kappa shape index (κ2) is 5.06. The van der Waals surface area contributed by atoms with Crippen LogP contribution >= 0.6 is 27.7 Å². The predicted octanol–water partition coefficient (Wildman–Crippen LogP) is 4.79. The second-order valence-corrected chi connectivity index (χ2v) is 6.55. The van der Waals surface area contributed by atoms with Crippen molar-refractivity contribution in [2.24, 2.45) is 0 Å². The van der Waals surface area contributed by atoms with Crippen molar-refractivity contribution in [1.29, 1.82) is 0 Å². The fourth-order valence-electron chi connectivity index (χ4n) is 2.31. The van der Waals surface area contributed by atoms with Gasteiger partial charge in [-0.2, -0.15) is 0 Å². The topological polar surface area (TPSA) is 12.9 Å². The number of nitrogens with zero attached hydrogens (tertiary/aromatic N) is 1. The van der Waals surface area contributed by atoms with Crippen molar-refractivity contribution in [2.45, 2.75) is 36.1 Å². The normalized spacial score (nSPS) is 13.7. The molecule has 0 radical (unpaired) electrons. The molecular weight excluding hydrogens is 306 g/mol. The molecule has 3 rings (SSSR count). The van der Waals surface area contributed by atoms with Gasteiger partial charge in [0, 0.05) is 9.37 Å². The standard InChI is InChI=1S/C15H14BrNS/c1-10-14(16)7-8-15(17-10)18-13-6-5-11-3-2-4-12(11)9-13/h5-9H,2-4H2,1H3. The molecule has 0 bridgehead atoms. The lowest BCUT2D eigenvalue weighted by Crippen LogP contribution is -1.87. The zero-order valence-electron chi connectivity index (χ0n) is 10.2. The van der Waals surface area contributed by atoms with Gasteiger partial charge in [-0.15, -0.1) is 0 Å². The van der Waals surface area contributed by atoms with Crippen LogP contribution in [0.25, 0.3) is 0 Å². The highest BCUT2D eigenvalue weighted by atomic mass is 79.9. The Bertz CT molecular complexity index is 595. The summed E-state index contributed by atoms with van der Waals surface area (Å²) >= 11 is 5.23. The molecule has 0 fully saturated rings. The van der Waals surface area contributed by atoms with Crippen molar-refractivity contribution in [3.8, 4) is 0 Å². The van der Waals surface area contributed by atoms with Crippen molar-refractivity contribution in [3.05, 3.63) is 51.6 Å². The minimum atomic E-state index is 1.04. The molecule has 1 aromatic carbocycles. The number of fused-ring (bicyclic) bond motifs is 1. The van der Waals surface area contributed by atoms with E-state index in [1.165, 1.54) is 35.3 Å². The van der Waals surface area contributed by atoms with Gasteiger partial charge < -0.3 is 0 Å². The van der Waals surface area contributed by atoms with Crippen LogP contribution in [0.2, 0.25) is 0 Å². The molecule has 1 aliphatic carbocycles. The second-order valence-electron chi connectivity index (χ2n) is 4.60.